The van der Waals surface area contributed by atoms with E-state index in [9.17, 15) is 4.79 Å². The van der Waals surface area contributed by atoms with Crippen LogP contribution in [-0.4, -0.2) is 40.9 Å². The lowest BCUT2D eigenvalue weighted by Gasteiger charge is -2.24. The molecule has 1 saturated heterocycles. The zero-order valence-corrected chi connectivity index (χ0v) is 13.8. The molecule has 0 aliphatic carbocycles. The molecule has 0 bridgehead atoms. The largest absolute Gasteiger partial charge is 0.449 e. The molecule has 7 heteroatoms. The van der Waals surface area contributed by atoms with E-state index in [0.717, 1.165) is 27.9 Å². The van der Waals surface area contributed by atoms with E-state index < -0.39 is 6.09 Å². The number of carbonyl (C=O) groups is 1. The Labute approximate surface area is 144 Å². The van der Waals surface area contributed by atoms with Gasteiger partial charge < -0.3 is 14.5 Å². The molecule has 0 atom stereocenters. The number of ether oxygens (including phenoxy) is 2. The Kier molecular flexibility index (Phi) is 4.07. The summed E-state index contributed by atoms with van der Waals surface area (Å²) in [5.74, 6) is 0.667. The summed E-state index contributed by atoms with van der Waals surface area (Å²) in [7, 11) is 0. The first-order valence-electron chi connectivity index (χ1n) is 8.12. The number of rotatable bonds is 4. The van der Waals surface area contributed by atoms with Crippen LogP contribution in [0.3, 0.4) is 0 Å². The number of aromatic amines is 1. The predicted molar refractivity (Wildman–Crippen MR) is 93.3 cm³/mol. The third kappa shape index (κ3) is 3.46. The number of nitrogens with one attached hydrogen (secondary N) is 2. The SMILES string of the molecule is Cc1cc(-c2ccc3nc(NC(=O)OCC4COC4)[nH]c3c2)ccn1. The van der Waals surface area contributed by atoms with Crippen molar-refractivity contribution in [1.82, 2.24) is 15.0 Å². The van der Waals surface area contributed by atoms with Crippen molar-refractivity contribution in [1.29, 1.82) is 0 Å². The summed E-state index contributed by atoms with van der Waals surface area (Å²) in [6.07, 6.45) is 1.27. The van der Waals surface area contributed by atoms with Gasteiger partial charge >= 0.3 is 6.09 Å². The van der Waals surface area contributed by atoms with Crippen LogP contribution in [0.4, 0.5) is 10.7 Å². The molecule has 1 aromatic carbocycles. The first-order valence-corrected chi connectivity index (χ1v) is 8.12. The summed E-state index contributed by atoms with van der Waals surface area (Å²) >= 11 is 0. The minimum absolute atomic E-state index is 0.299. The molecule has 0 radical (unpaired) electrons. The molecule has 1 amide bonds. The molecule has 1 fully saturated rings. The molecule has 128 valence electrons. The van der Waals surface area contributed by atoms with Gasteiger partial charge in [0.05, 0.1) is 24.2 Å². The number of pyridine rings is 1. The van der Waals surface area contributed by atoms with E-state index in [4.69, 9.17) is 9.47 Å². The monoisotopic (exact) mass is 338 g/mol. The number of aryl methyl sites for hydroxylation is 1. The van der Waals surface area contributed by atoms with Gasteiger partial charge in [0.1, 0.15) is 6.61 Å². The molecule has 7 nitrogen and oxygen atoms in total. The van der Waals surface area contributed by atoms with Gasteiger partial charge in [-0.15, -0.1) is 0 Å². The Balaban J connectivity index is 1.49. The lowest BCUT2D eigenvalue weighted by molar-refractivity contribution is -0.0567. The molecular weight excluding hydrogens is 320 g/mol. The second-order valence-corrected chi connectivity index (χ2v) is 6.13. The molecule has 1 aliphatic heterocycles. The average Bonchev–Trinajstić information content (AvgIpc) is 2.94. The van der Waals surface area contributed by atoms with Crippen LogP contribution in [0.5, 0.6) is 0 Å². The number of fused-ring (bicyclic) bond motifs is 1. The van der Waals surface area contributed by atoms with Crippen LogP contribution in [0.25, 0.3) is 22.2 Å². The molecule has 2 aromatic heterocycles. The minimum atomic E-state index is -0.518. The van der Waals surface area contributed by atoms with E-state index in [2.05, 4.69) is 20.3 Å². The maximum absolute atomic E-state index is 11.8. The van der Waals surface area contributed by atoms with Crippen LogP contribution in [0, 0.1) is 12.8 Å². The Morgan fingerprint density at radius 2 is 2.16 bits per heavy atom. The fourth-order valence-corrected chi connectivity index (χ4v) is 2.68. The maximum atomic E-state index is 11.8. The Hall–Kier alpha value is -2.93. The van der Waals surface area contributed by atoms with Gasteiger partial charge in [0.2, 0.25) is 5.95 Å². The molecule has 0 unspecified atom stereocenters. The Bertz CT molecular complexity index is 918. The average molecular weight is 338 g/mol. The molecule has 4 rings (SSSR count). The molecule has 0 saturated carbocycles. The highest BCUT2D eigenvalue weighted by Crippen LogP contribution is 2.24. The zero-order valence-electron chi connectivity index (χ0n) is 13.8. The number of imidazole rings is 1. The van der Waals surface area contributed by atoms with Crippen LogP contribution < -0.4 is 5.32 Å². The molecular formula is C18H18N4O3. The Morgan fingerprint density at radius 1 is 1.32 bits per heavy atom. The number of hydrogen-bond donors (Lipinski definition) is 2. The first-order chi connectivity index (χ1) is 12.2. The van der Waals surface area contributed by atoms with Crippen LogP contribution >= 0.6 is 0 Å². The van der Waals surface area contributed by atoms with Crippen molar-refractivity contribution in [3.8, 4) is 11.1 Å². The second kappa shape index (κ2) is 6.52. The fraction of sp³-hybridized carbons (Fsp3) is 0.278. The highest BCUT2D eigenvalue weighted by molar-refractivity contribution is 5.88. The molecule has 1 aliphatic rings. The molecule has 0 spiro atoms. The van der Waals surface area contributed by atoms with Crippen LogP contribution in [-0.2, 0) is 9.47 Å². The number of carbonyl (C=O) groups excluding carboxylic acids is 1. The molecule has 3 aromatic rings. The first kappa shape index (κ1) is 15.6. The van der Waals surface area contributed by atoms with Gasteiger partial charge in [-0.1, -0.05) is 6.07 Å². The van der Waals surface area contributed by atoms with Gasteiger partial charge in [0, 0.05) is 17.8 Å². The molecule has 2 N–H and O–H groups in total. The van der Waals surface area contributed by atoms with Crippen LogP contribution in [0.1, 0.15) is 5.69 Å². The van der Waals surface area contributed by atoms with Crippen molar-refractivity contribution in [2.75, 3.05) is 25.1 Å². The summed E-state index contributed by atoms with van der Waals surface area (Å²) < 4.78 is 10.2. The highest BCUT2D eigenvalue weighted by atomic mass is 16.6. The third-order valence-corrected chi connectivity index (χ3v) is 4.09. The standard InChI is InChI=1S/C18H18N4O3/c1-11-6-14(4-5-19-11)13-2-3-15-16(7-13)21-17(20-15)22-18(23)25-10-12-8-24-9-12/h2-7,12H,8-10H2,1H3,(H2,20,21,22,23). The van der Waals surface area contributed by atoms with Crippen molar-refractivity contribution >= 4 is 23.1 Å². The van der Waals surface area contributed by atoms with Crippen molar-refractivity contribution < 1.29 is 14.3 Å². The number of aromatic nitrogens is 3. The number of benzene rings is 1. The Morgan fingerprint density at radius 3 is 2.92 bits per heavy atom. The lowest BCUT2D eigenvalue weighted by Crippen LogP contribution is -2.33. The number of H-pyrrole nitrogens is 1. The predicted octanol–water partition coefficient (Wildman–Crippen LogP) is 3.13. The van der Waals surface area contributed by atoms with Gasteiger partial charge in [0.25, 0.3) is 0 Å². The van der Waals surface area contributed by atoms with Crippen LogP contribution in [0.2, 0.25) is 0 Å². The van der Waals surface area contributed by atoms with Gasteiger partial charge in [-0.3, -0.25) is 10.3 Å². The van der Waals surface area contributed by atoms with Gasteiger partial charge in [0.15, 0.2) is 0 Å². The van der Waals surface area contributed by atoms with Gasteiger partial charge in [-0.05, 0) is 42.3 Å². The highest BCUT2D eigenvalue weighted by Gasteiger charge is 2.20. The van der Waals surface area contributed by atoms with Gasteiger partial charge in [-0.2, -0.15) is 0 Å². The number of hydrogen-bond acceptors (Lipinski definition) is 5. The van der Waals surface area contributed by atoms with E-state index in [0.29, 0.717) is 31.7 Å². The number of amides is 1. The maximum Gasteiger partial charge on any atom is 0.413 e. The van der Waals surface area contributed by atoms with Gasteiger partial charge in [-0.25, -0.2) is 9.78 Å². The van der Waals surface area contributed by atoms with Crippen LogP contribution in [0.15, 0.2) is 36.5 Å². The van der Waals surface area contributed by atoms with Crippen molar-refractivity contribution in [2.24, 2.45) is 5.92 Å². The second-order valence-electron chi connectivity index (χ2n) is 6.13. The molecule has 3 heterocycles. The topological polar surface area (TPSA) is 89.1 Å². The van der Waals surface area contributed by atoms with Crippen molar-refractivity contribution in [3.05, 3.63) is 42.2 Å². The number of anilines is 1. The summed E-state index contributed by atoms with van der Waals surface area (Å²) in [5.41, 5.74) is 4.72. The van der Waals surface area contributed by atoms with E-state index in [-0.39, 0.29) is 0 Å². The lowest BCUT2D eigenvalue weighted by atomic mass is 10.1. The van der Waals surface area contributed by atoms with E-state index in [1.54, 1.807) is 6.20 Å². The third-order valence-electron chi connectivity index (χ3n) is 4.09. The molecule has 25 heavy (non-hydrogen) atoms. The summed E-state index contributed by atoms with van der Waals surface area (Å²) in [6.45, 7) is 3.61. The van der Waals surface area contributed by atoms with Crippen molar-refractivity contribution in [3.63, 3.8) is 0 Å². The smallest absolute Gasteiger partial charge is 0.413 e. The zero-order chi connectivity index (χ0) is 17.2. The summed E-state index contributed by atoms with van der Waals surface area (Å²) in [6, 6.07) is 9.90. The summed E-state index contributed by atoms with van der Waals surface area (Å²) in [5, 5.41) is 2.62. The van der Waals surface area contributed by atoms with Crippen molar-refractivity contribution in [2.45, 2.75) is 6.92 Å². The number of nitrogens with zero attached hydrogens (tertiary/aromatic N) is 2. The summed E-state index contributed by atoms with van der Waals surface area (Å²) in [4.78, 5) is 23.5. The van der Waals surface area contributed by atoms with E-state index in [1.807, 2.05) is 37.3 Å². The van der Waals surface area contributed by atoms with E-state index in [1.165, 1.54) is 0 Å². The fourth-order valence-electron chi connectivity index (χ4n) is 2.68. The normalized spacial score (nSPS) is 14.3. The van der Waals surface area contributed by atoms with E-state index >= 15 is 0 Å². The quantitative estimate of drug-likeness (QED) is 0.763. The minimum Gasteiger partial charge on any atom is -0.449 e.